The van der Waals surface area contributed by atoms with Crippen molar-refractivity contribution < 1.29 is 33.3 Å². The third-order valence-corrected chi connectivity index (χ3v) is 9.20. The van der Waals surface area contributed by atoms with Crippen molar-refractivity contribution in [1.29, 1.82) is 0 Å². The van der Waals surface area contributed by atoms with Crippen molar-refractivity contribution in [3.05, 3.63) is 12.2 Å². The molecule has 6 aliphatic rings. The molecule has 2 aliphatic heterocycles. The first-order valence-corrected chi connectivity index (χ1v) is 10.5. The molecule has 10 atom stereocenters. The minimum absolute atomic E-state index is 0.0834. The molecule has 4 bridgehead atoms. The summed E-state index contributed by atoms with van der Waals surface area (Å²) in [5.74, 6) is -1.70. The highest BCUT2D eigenvalue weighted by Crippen LogP contribution is 2.80. The lowest BCUT2D eigenvalue weighted by Crippen LogP contribution is -2.60. The van der Waals surface area contributed by atoms with E-state index in [-0.39, 0.29) is 29.4 Å². The van der Waals surface area contributed by atoms with Gasteiger partial charge in [-0.15, -0.1) is 0 Å². The number of ether oxygens (including phenoxy) is 4. The fraction of sp³-hybridized carbons (Fsp3) is 0.773. The number of hydrogen-bond acceptors (Lipinski definition) is 7. The summed E-state index contributed by atoms with van der Waals surface area (Å²) in [7, 11) is 1.40. The van der Waals surface area contributed by atoms with Gasteiger partial charge in [0, 0.05) is 18.8 Å². The molecule has 0 aromatic heterocycles. The molecule has 156 valence electrons. The summed E-state index contributed by atoms with van der Waals surface area (Å²) in [4.78, 5) is 38.5. The third-order valence-electron chi connectivity index (χ3n) is 9.20. The average Bonchev–Trinajstić information content (AvgIpc) is 3.33. The highest BCUT2D eigenvalue weighted by Gasteiger charge is 2.91. The predicted molar refractivity (Wildman–Crippen MR) is 97.2 cm³/mol. The van der Waals surface area contributed by atoms with Crippen LogP contribution in [0.25, 0.3) is 0 Å². The molecule has 2 heterocycles. The monoisotopic (exact) mass is 402 g/mol. The van der Waals surface area contributed by atoms with Crippen molar-refractivity contribution in [2.45, 2.75) is 63.4 Å². The molecular formula is C22H26O7. The van der Waals surface area contributed by atoms with Gasteiger partial charge in [-0.05, 0) is 43.9 Å². The Balaban J connectivity index is 1.61. The largest absolute Gasteiger partial charge is 0.469 e. The second kappa shape index (κ2) is 5.05. The van der Waals surface area contributed by atoms with Crippen LogP contribution in [0, 0.1) is 34.5 Å². The lowest BCUT2D eigenvalue weighted by atomic mass is 9.59. The van der Waals surface area contributed by atoms with Gasteiger partial charge in [0.2, 0.25) is 0 Å². The summed E-state index contributed by atoms with van der Waals surface area (Å²) in [6.07, 6.45) is 1.90. The van der Waals surface area contributed by atoms with Gasteiger partial charge in [0.25, 0.3) is 0 Å². The van der Waals surface area contributed by atoms with Gasteiger partial charge in [-0.25, -0.2) is 0 Å². The fourth-order valence-electron chi connectivity index (χ4n) is 8.41. The van der Waals surface area contributed by atoms with Crippen molar-refractivity contribution in [1.82, 2.24) is 0 Å². The fourth-order valence-corrected chi connectivity index (χ4v) is 8.41. The summed E-state index contributed by atoms with van der Waals surface area (Å²) in [5.41, 5.74) is -1.17. The zero-order valence-electron chi connectivity index (χ0n) is 16.9. The molecule has 0 unspecified atom stereocenters. The number of esters is 3. The van der Waals surface area contributed by atoms with E-state index in [1.165, 1.54) is 19.6 Å². The van der Waals surface area contributed by atoms with Crippen LogP contribution in [0.1, 0.15) is 39.5 Å². The predicted octanol–water partition coefficient (Wildman–Crippen LogP) is 1.78. The number of fused-ring (bicyclic) bond motifs is 3. The molecule has 0 aromatic rings. The molecule has 29 heavy (non-hydrogen) atoms. The standard InChI is InChI=1S/C22H26O7/c1-9-7-21-8-11(9)5-6-12(21)22-15(13(21)18(24)26-4)20(3,19(25)29-22)16-14(28-16)17(22)27-10(2)23/h11-17H,1,5-8H2,2-4H3/t11-,12-,13-,14-,15-,16+,17+,20-,21+,22-/m1/s1. The van der Waals surface area contributed by atoms with Gasteiger partial charge in [0.05, 0.1) is 13.0 Å². The molecule has 6 rings (SSSR count). The van der Waals surface area contributed by atoms with E-state index in [1.807, 2.05) is 6.92 Å². The number of carbonyl (C=O) groups excluding carboxylic acids is 3. The molecule has 0 radical (unpaired) electrons. The van der Waals surface area contributed by atoms with Gasteiger partial charge in [-0.2, -0.15) is 0 Å². The number of rotatable bonds is 2. The summed E-state index contributed by atoms with van der Waals surface area (Å²) >= 11 is 0. The van der Waals surface area contributed by atoms with E-state index >= 15 is 0 Å². The maximum atomic E-state index is 13.3. The van der Waals surface area contributed by atoms with E-state index in [9.17, 15) is 14.4 Å². The Morgan fingerprint density at radius 2 is 2.03 bits per heavy atom. The molecule has 4 saturated carbocycles. The van der Waals surface area contributed by atoms with Gasteiger partial charge in [-0.1, -0.05) is 12.2 Å². The number of allylic oxidation sites excluding steroid dienone is 1. The van der Waals surface area contributed by atoms with Crippen LogP contribution in [0.2, 0.25) is 0 Å². The normalized spacial score (nSPS) is 55.5. The Hall–Kier alpha value is -1.89. The van der Waals surface area contributed by atoms with Crippen LogP contribution in [0.15, 0.2) is 12.2 Å². The Bertz CT molecular complexity index is 880. The van der Waals surface area contributed by atoms with Crippen LogP contribution >= 0.6 is 0 Å². The van der Waals surface area contributed by atoms with Crippen molar-refractivity contribution >= 4 is 17.9 Å². The molecular weight excluding hydrogens is 376 g/mol. The number of epoxide rings is 1. The van der Waals surface area contributed by atoms with Gasteiger partial charge in [-0.3, -0.25) is 14.4 Å². The summed E-state index contributed by atoms with van der Waals surface area (Å²) < 4.78 is 23.3. The molecule has 6 fully saturated rings. The highest BCUT2D eigenvalue weighted by atomic mass is 16.7. The molecule has 0 aromatic carbocycles. The van der Waals surface area contributed by atoms with Crippen molar-refractivity contribution in [2.24, 2.45) is 34.5 Å². The van der Waals surface area contributed by atoms with Gasteiger partial charge in [0.1, 0.15) is 17.6 Å². The minimum atomic E-state index is -1.04. The lowest BCUT2D eigenvalue weighted by Gasteiger charge is -2.46. The maximum Gasteiger partial charge on any atom is 0.315 e. The van der Waals surface area contributed by atoms with E-state index in [0.717, 1.165) is 25.7 Å². The molecule has 7 nitrogen and oxygen atoms in total. The first-order chi connectivity index (χ1) is 13.7. The van der Waals surface area contributed by atoms with Crippen molar-refractivity contribution in [3.8, 4) is 0 Å². The van der Waals surface area contributed by atoms with Crippen LogP contribution in [-0.4, -0.2) is 48.9 Å². The summed E-state index contributed by atoms with van der Waals surface area (Å²) in [6.45, 7) is 7.53. The SMILES string of the molecule is C=C1C[C@]23C[C@H]1CC[C@H]2[C@@]12OC(=O)[C@](C)([C@H]1[C@@H]3C(=O)OC)[C@H]1O[C@H]1[C@@H]2OC(C)=O. The second-order valence-electron chi connectivity index (χ2n) is 10.2. The Labute approximate surface area is 169 Å². The summed E-state index contributed by atoms with van der Waals surface area (Å²) in [5, 5.41) is 0. The van der Waals surface area contributed by atoms with E-state index in [0.29, 0.717) is 5.92 Å². The van der Waals surface area contributed by atoms with Crippen LogP contribution in [0.3, 0.4) is 0 Å². The van der Waals surface area contributed by atoms with Gasteiger partial charge >= 0.3 is 17.9 Å². The zero-order valence-corrected chi connectivity index (χ0v) is 16.9. The topological polar surface area (TPSA) is 91.4 Å². The third kappa shape index (κ3) is 1.71. The van der Waals surface area contributed by atoms with E-state index in [2.05, 4.69) is 6.58 Å². The van der Waals surface area contributed by atoms with Crippen LogP contribution in [0.4, 0.5) is 0 Å². The zero-order chi connectivity index (χ0) is 20.5. The number of hydrogen-bond donors (Lipinski definition) is 0. The quantitative estimate of drug-likeness (QED) is 0.301. The smallest absolute Gasteiger partial charge is 0.315 e. The average molecular weight is 402 g/mol. The number of methoxy groups -OCH3 is 1. The lowest BCUT2D eigenvalue weighted by molar-refractivity contribution is -0.193. The maximum absolute atomic E-state index is 13.3. The van der Waals surface area contributed by atoms with Crippen LogP contribution in [-0.2, 0) is 33.3 Å². The molecule has 4 aliphatic carbocycles. The van der Waals surface area contributed by atoms with Crippen molar-refractivity contribution in [2.75, 3.05) is 7.11 Å². The minimum Gasteiger partial charge on any atom is -0.469 e. The highest BCUT2D eigenvalue weighted by molar-refractivity contribution is 5.87. The van der Waals surface area contributed by atoms with E-state index < -0.39 is 41.0 Å². The van der Waals surface area contributed by atoms with E-state index in [4.69, 9.17) is 18.9 Å². The van der Waals surface area contributed by atoms with Crippen LogP contribution < -0.4 is 0 Å². The molecule has 0 N–H and O–H groups in total. The second-order valence-corrected chi connectivity index (χ2v) is 10.2. The Morgan fingerprint density at radius 3 is 2.72 bits per heavy atom. The molecule has 7 heteroatoms. The molecule has 1 spiro atoms. The Morgan fingerprint density at radius 1 is 1.28 bits per heavy atom. The molecule has 0 amide bonds. The Kier molecular flexibility index (Phi) is 3.12. The first-order valence-electron chi connectivity index (χ1n) is 10.5. The van der Waals surface area contributed by atoms with Crippen LogP contribution in [0.5, 0.6) is 0 Å². The van der Waals surface area contributed by atoms with Gasteiger partial charge < -0.3 is 18.9 Å². The molecule has 2 saturated heterocycles. The summed E-state index contributed by atoms with van der Waals surface area (Å²) in [6, 6.07) is 0. The van der Waals surface area contributed by atoms with Crippen molar-refractivity contribution in [3.63, 3.8) is 0 Å². The number of carbonyl (C=O) groups is 3. The van der Waals surface area contributed by atoms with E-state index in [1.54, 1.807) is 0 Å². The first kappa shape index (κ1) is 17.9. The van der Waals surface area contributed by atoms with Gasteiger partial charge in [0.15, 0.2) is 11.7 Å².